The number of nitrogens with one attached hydrogen (secondary N) is 2. The number of halogens is 1. The fourth-order valence-electron chi connectivity index (χ4n) is 3.87. The van der Waals surface area contributed by atoms with Gasteiger partial charge in [0.1, 0.15) is 6.04 Å². The molecule has 1 fully saturated rings. The Bertz CT molecular complexity index is 952. The molecule has 0 radical (unpaired) electrons. The number of anilines is 1. The number of ether oxygens (including phenoxy) is 2. The second-order valence-electron chi connectivity index (χ2n) is 7.95. The molecule has 11 heteroatoms. The number of rotatable bonds is 13. The van der Waals surface area contributed by atoms with Crippen LogP contribution in [0.25, 0.3) is 0 Å². The highest BCUT2D eigenvalue weighted by molar-refractivity contribution is 9.09. The summed E-state index contributed by atoms with van der Waals surface area (Å²) in [5.74, 6) is -2.63. The molecule has 1 unspecified atom stereocenters. The maximum absolute atomic E-state index is 13.0. The third-order valence-electron chi connectivity index (χ3n) is 5.53. The van der Waals surface area contributed by atoms with Gasteiger partial charge < -0.3 is 14.8 Å². The Labute approximate surface area is 205 Å². The summed E-state index contributed by atoms with van der Waals surface area (Å²) in [5.41, 5.74) is 0.438. The van der Waals surface area contributed by atoms with Gasteiger partial charge in [0.25, 0.3) is 11.8 Å². The number of alkyl halides is 1. The lowest BCUT2D eigenvalue weighted by Gasteiger charge is -2.27. The van der Waals surface area contributed by atoms with Crippen LogP contribution in [0.3, 0.4) is 0 Å². The van der Waals surface area contributed by atoms with Crippen LogP contribution in [0.1, 0.15) is 59.2 Å². The molecule has 1 atom stereocenters. The van der Waals surface area contributed by atoms with E-state index >= 15 is 0 Å². The number of nitrogens with zero attached hydrogens (tertiary/aromatic N) is 1. The molecule has 3 rings (SSSR count). The Morgan fingerprint density at radius 1 is 1.03 bits per heavy atom. The van der Waals surface area contributed by atoms with Crippen LogP contribution >= 0.6 is 15.9 Å². The van der Waals surface area contributed by atoms with Gasteiger partial charge in [-0.1, -0.05) is 28.4 Å². The molecule has 5 amide bonds. The van der Waals surface area contributed by atoms with E-state index < -0.39 is 29.7 Å². The Kier molecular flexibility index (Phi) is 9.73. The van der Waals surface area contributed by atoms with E-state index in [9.17, 15) is 24.0 Å². The molecule has 2 heterocycles. The summed E-state index contributed by atoms with van der Waals surface area (Å²) >= 11 is 3.28. The van der Waals surface area contributed by atoms with Gasteiger partial charge in [-0.25, -0.2) is 0 Å². The summed E-state index contributed by atoms with van der Waals surface area (Å²) in [4.78, 5) is 62.8. The van der Waals surface area contributed by atoms with Crippen molar-refractivity contribution in [2.24, 2.45) is 0 Å². The summed E-state index contributed by atoms with van der Waals surface area (Å²) < 4.78 is 10.8. The van der Waals surface area contributed by atoms with Crippen molar-refractivity contribution in [1.29, 1.82) is 0 Å². The van der Waals surface area contributed by atoms with Gasteiger partial charge in [-0.05, 0) is 31.4 Å². The van der Waals surface area contributed by atoms with Crippen LogP contribution in [0.15, 0.2) is 18.2 Å². The fourth-order valence-corrected chi connectivity index (χ4v) is 4.10. The van der Waals surface area contributed by atoms with Gasteiger partial charge in [0.05, 0.1) is 36.6 Å². The number of unbranched alkanes of at least 4 members (excludes halogenated alkanes) is 2. The molecular weight excluding hydrogens is 510 g/mol. The molecular formula is C23H28BrN3O7. The highest BCUT2D eigenvalue weighted by atomic mass is 79.9. The van der Waals surface area contributed by atoms with Gasteiger partial charge in [-0.3, -0.25) is 34.2 Å². The molecule has 0 saturated carbocycles. The number of hydrogen-bond donors (Lipinski definition) is 2. The molecule has 0 aromatic heterocycles. The monoisotopic (exact) mass is 537 g/mol. The molecule has 0 spiro atoms. The summed E-state index contributed by atoms with van der Waals surface area (Å²) in [5, 5.41) is 5.68. The van der Waals surface area contributed by atoms with Gasteiger partial charge in [0, 0.05) is 24.8 Å². The third kappa shape index (κ3) is 6.49. The molecule has 10 nitrogen and oxygen atoms in total. The zero-order chi connectivity index (χ0) is 24.5. The minimum absolute atomic E-state index is 0.0450. The molecule has 0 bridgehead atoms. The highest BCUT2D eigenvalue weighted by Crippen LogP contribution is 2.32. The highest BCUT2D eigenvalue weighted by Gasteiger charge is 2.45. The second-order valence-corrected chi connectivity index (χ2v) is 8.74. The van der Waals surface area contributed by atoms with Crippen LogP contribution in [0.5, 0.6) is 0 Å². The van der Waals surface area contributed by atoms with Crippen molar-refractivity contribution in [2.45, 2.75) is 44.6 Å². The van der Waals surface area contributed by atoms with E-state index in [2.05, 4.69) is 26.6 Å². The SMILES string of the molecule is O=C1CCC(N2C(=O)c3cccc(NC(=O)CCCCCOCCOCCBr)c3C2=O)C(=O)N1. The molecule has 2 aliphatic heterocycles. The van der Waals surface area contributed by atoms with Crippen molar-refractivity contribution in [3.8, 4) is 0 Å². The molecule has 2 N–H and O–H groups in total. The standard InChI is InChI=1S/C23H28BrN3O7/c24-10-12-34-14-13-33-11-3-1-2-7-18(28)25-16-6-4-5-15-20(16)23(32)27(22(15)31)17-8-9-19(29)26-21(17)30/h4-6,17H,1-3,7-14H2,(H,25,28)(H,26,29,30). The number of imide groups is 2. The normalized spacial score (nSPS) is 17.7. The van der Waals surface area contributed by atoms with E-state index in [-0.39, 0.29) is 42.0 Å². The van der Waals surface area contributed by atoms with Crippen LogP contribution < -0.4 is 10.6 Å². The lowest BCUT2D eigenvalue weighted by Crippen LogP contribution is -2.54. The predicted octanol–water partition coefficient (Wildman–Crippen LogP) is 2.01. The first kappa shape index (κ1) is 26.0. The summed E-state index contributed by atoms with van der Waals surface area (Å²) in [6, 6.07) is 3.57. The maximum atomic E-state index is 13.0. The average Bonchev–Trinajstić information content (AvgIpc) is 3.06. The average molecular weight is 538 g/mol. The predicted molar refractivity (Wildman–Crippen MR) is 126 cm³/mol. The molecule has 34 heavy (non-hydrogen) atoms. The van der Waals surface area contributed by atoms with E-state index in [1.165, 1.54) is 6.07 Å². The number of piperidine rings is 1. The number of carbonyl (C=O) groups excluding carboxylic acids is 5. The number of carbonyl (C=O) groups is 5. The van der Waals surface area contributed by atoms with Gasteiger partial charge in [0.15, 0.2) is 0 Å². The van der Waals surface area contributed by atoms with E-state index in [0.29, 0.717) is 32.8 Å². The summed E-state index contributed by atoms with van der Waals surface area (Å²) in [6.45, 7) is 2.34. The Morgan fingerprint density at radius 3 is 2.53 bits per heavy atom. The molecule has 1 saturated heterocycles. The zero-order valence-electron chi connectivity index (χ0n) is 18.8. The van der Waals surface area contributed by atoms with Crippen LogP contribution in [0, 0.1) is 0 Å². The first-order chi connectivity index (χ1) is 16.4. The van der Waals surface area contributed by atoms with E-state index in [0.717, 1.165) is 23.1 Å². The third-order valence-corrected chi connectivity index (χ3v) is 5.85. The van der Waals surface area contributed by atoms with Crippen LogP contribution in [0.2, 0.25) is 0 Å². The smallest absolute Gasteiger partial charge is 0.264 e. The second kappa shape index (κ2) is 12.7. The summed E-state index contributed by atoms with van der Waals surface area (Å²) in [7, 11) is 0. The van der Waals surface area contributed by atoms with Crippen molar-refractivity contribution in [3.63, 3.8) is 0 Å². The van der Waals surface area contributed by atoms with Gasteiger partial charge in [-0.15, -0.1) is 0 Å². The van der Waals surface area contributed by atoms with E-state index in [1.807, 2.05) is 0 Å². The topological polar surface area (TPSA) is 131 Å². The quantitative estimate of drug-likeness (QED) is 0.223. The largest absolute Gasteiger partial charge is 0.379 e. The maximum Gasteiger partial charge on any atom is 0.264 e. The van der Waals surface area contributed by atoms with Crippen molar-refractivity contribution in [3.05, 3.63) is 29.3 Å². The molecule has 1 aromatic carbocycles. The van der Waals surface area contributed by atoms with Crippen LogP contribution in [0.4, 0.5) is 5.69 Å². The zero-order valence-corrected chi connectivity index (χ0v) is 20.4. The Hall–Kier alpha value is -2.63. The van der Waals surface area contributed by atoms with Gasteiger partial charge in [0.2, 0.25) is 17.7 Å². The van der Waals surface area contributed by atoms with Crippen molar-refractivity contribution in [1.82, 2.24) is 10.2 Å². The number of benzene rings is 1. The van der Waals surface area contributed by atoms with E-state index in [1.54, 1.807) is 12.1 Å². The van der Waals surface area contributed by atoms with Gasteiger partial charge >= 0.3 is 0 Å². The Balaban J connectivity index is 1.48. The fraction of sp³-hybridized carbons (Fsp3) is 0.522. The summed E-state index contributed by atoms with van der Waals surface area (Å²) in [6.07, 6.45) is 2.66. The molecule has 0 aliphatic carbocycles. The van der Waals surface area contributed by atoms with Crippen molar-refractivity contribution in [2.75, 3.05) is 37.1 Å². The number of fused-ring (bicyclic) bond motifs is 1. The van der Waals surface area contributed by atoms with Crippen molar-refractivity contribution < 1.29 is 33.4 Å². The lowest BCUT2D eigenvalue weighted by molar-refractivity contribution is -0.136. The first-order valence-electron chi connectivity index (χ1n) is 11.3. The first-order valence-corrected chi connectivity index (χ1v) is 12.4. The molecule has 184 valence electrons. The lowest BCUT2D eigenvalue weighted by atomic mass is 10.0. The van der Waals surface area contributed by atoms with Crippen LogP contribution in [-0.2, 0) is 23.9 Å². The van der Waals surface area contributed by atoms with Crippen molar-refractivity contribution >= 4 is 51.2 Å². The van der Waals surface area contributed by atoms with E-state index in [4.69, 9.17) is 9.47 Å². The van der Waals surface area contributed by atoms with Crippen LogP contribution in [-0.4, -0.2) is 72.2 Å². The number of amides is 5. The molecule has 2 aliphatic rings. The van der Waals surface area contributed by atoms with Gasteiger partial charge in [-0.2, -0.15) is 0 Å². The number of hydrogen-bond acceptors (Lipinski definition) is 7. The Morgan fingerprint density at radius 2 is 1.79 bits per heavy atom. The minimum atomic E-state index is -1.05. The molecule has 1 aromatic rings. The minimum Gasteiger partial charge on any atom is -0.379 e.